The summed E-state index contributed by atoms with van der Waals surface area (Å²) in [5.74, 6) is -0.213. The number of carbonyl (C=O) groups is 1. The minimum atomic E-state index is -0.568. The van der Waals surface area contributed by atoms with Crippen LogP contribution in [0.3, 0.4) is 0 Å². The van der Waals surface area contributed by atoms with Crippen molar-refractivity contribution in [2.75, 3.05) is 26.2 Å². The number of halogens is 1. The topological polar surface area (TPSA) is 66.7 Å². The third kappa shape index (κ3) is 4.60. The van der Waals surface area contributed by atoms with Gasteiger partial charge in [-0.25, -0.2) is 0 Å². The Morgan fingerprint density at radius 1 is 0.871 bits per heavy atom. The monoisotopic (exact) mass is 435 g/mol. The van der Waals surface area contributed by atoms with Crippen molar-refractivity contribution in [1.82, 2.24) is 9.80 Å². The van der Waals surface area contributed by atoms with Gasteiger partial charge in [-0.3, -0.25) is 19.8 Å². The molecule has 0 spiro atoms. The van der Waals surface area contributed by atoms with Gasteiger partial charge in [0.05, 0.1) is 11.0 Å². The molecule has 6 nitrogen and oxygen atoms in total. The number of nitro groups is 1. The van der Waals surface area contributed by atoms with Crippen molar-refractivity contribution >= 4 is 23.2 Å². The maximum absolute atomic E-state index is 12.9. The van der Waals surface area contributed by atoms with E-state index < -0.39 is 4.92 Å². The standard InChI is InChI=1S/C24H22ClN3O3/c25-21-12-11-20(17-22(21)28(30)31)24(29)27-15-13-26(14-16-27)23(18-7-3-1-4-8-18)19-9-5-2-6-10-19/h1-12,17,23H,13-16H2. The van der Waals surface area contributed by atoms with E-state index in [-0.39, 0.29) is 28.2 Å². The Labute approximate surface area is 185 Å². The van der Waals surface area contributed by atoms with Crippen LogP contribution in [-0.4, -0.2) is 46.8 Å². The van der Waals surface area contributed by atoms with Gasteiger partial charge in [-0.2, -0.15) is 0 Å². The summed E-state index contributed by atoms with van der Waals surface area (Å²) in [7, 11) is 0. The minimum Gasteiger partial charge on any atom is -0.336 e. The summed E-state index contributed by atoms with van der Waals surface area (Å²) in [6, 6.07) is 25.0. The molecule has 4 rings (SSSR count). The number of amides is 1. The molecule has 7 heteroatoms. The van der Waals surface area contributed by atoms with Crippen LogP contribution in [-0.2, 0) is 0 Å². The number of hydrogen-bond donors (Lipinski definition) is 0. The van der Waals surface area contributed by atoms with E-state index in [9.17, 15) is 14.9 Å². The molecule has 1 aliphatic heterocycles. The third-order valence-electron chi connectivity index (χ3n) is 5.59. The summed E-state index contributed by atoms with van der Waals surface area (Å²) >= 11 is 5.88. The second kappa shape index (κ2) is 9.29. The van der Waals surface area contributed by atoms with Crippen LogP contribution in [0.1, 0.15) is 27.5 Å². The van der Waals surface area contributed by atoms with Gasteiger partial charge in [0.2, 0.25) is 0 Å². The lowest BCUT2D eigenvalue weighted by Gasteiger charge is -2.39. The molecule has 1 amide bonds. The zero-order valence-electron chi connectivity index (χ0n) is 16.9. The highest BCUT2D eigenvalue weighted by Crippen LogP contribution is 2.30. The van der Waals surface area contributed by atoms with Gasteiger partial charge in [-0.15, -0.1) is 0 Å². The van der Waals surface area contributed by atoms with Gasteiger partial charge in [0.1, 0.15) is 5.02 Å². The molecule has 1 aliphatic rings. The van der Waals surface area contributed by atoms with Crippen molar-refractivity contribution in [1.29, 1.82) is 0 Å². The van der Waals surface area contributed by atoms with Crippen LogP contribution in [0.4, 0.5) is 5.69 Å². The van der Waals surface area contributed by atoms with E-state index >= 15 is 0 Å². The zero-order chi connectivity index (χ0) is 21.8. The van der Waals surface area contributed by atoms with Crippen LogP contribution in [0, 0.1) is 10.1 Å². The average molecular weight is 436 g/mol. The first kappa shape index (κ1) is 21.0. The Morgan fingerprint density at radius 3 is 1.94 bits per heavy atom. The summed E-state index contributed by atoms with van der Waals surface area (Å²) in [5.41, 5.74) is 2.45. The predicted molar refractivity (Wildman–Crippen MR) is 120 cm³/mol. The highest BCUT2D eigenvalue weighted by molar-refractivity contribution is 6.32. The van der Waals surface area contributed by atoms with Gasteiger partial charge >= 0.3 is 0 Å². The van der Waals surface area contributed by atoms with Crippen molar-refractivity contribution in [2.45, 2.75) is 6.04 Å². The molecule has 0 bridgehead atoms. The van der Waals surface area contributed by atoms with E-state index in [0.717, 1.165) is 0 Å². The number of hydrogen-bond acceptors (Lipinski definition) is 4. The fraction of sp³-hybridized carbons (Fsp3) is 0.208. The Balaban J connectivity index is 1.51. The number of carbonyl (C=O) groups excluding carboxylic acids is 1. The molecule has 3 aromatic carbocycles. The first-order valence-electron chi connectivity index (χ1n) is 10.1. The van der Waals surface area contributed by atoms with Crippen LogP contribution >= 0.6 is 11.6 Å². The Hall–Kier alpha value is -3.22. The molecule has 3 aromatic rings. The minimum absolute atomic E-state index is 0.0277. The summed E-state index contributed by atoms with van der Waals surface area (Å²) in [6.45, 7) is 2.50. The van der Waals surface area contributed by atoms with Crippen molar-refractivity contribution in [3.63, 3.8) is 0 Å². The molecule has 158 valence electrons. The summed E-state index contributed by atoms with van der Waals surface area (Å²) in [5, 5.41) is 11.2. The molecule has 31 heavy (non-hydrogen) atoms. The third-order valence-corrected chi connectivity index (χ3v) is 5.91. The quantitative estimate of drug-likeness (QED) is 0.426. The molecule has 1 saturated heterocycles. The average Bonchev–Trinajstić information content (AvgIpc) is 2.81. The van der Waals surface area contributed by atoms with E-state index in [1.54, 1.807) is 11.0 Å². The molecule has 1 fully saturated rings. The molecular weight excluding hydrogens is 414 g/mol. The van der Waals surface area contributed by atoms with Crippen molar-refractivity contribution in [2.24, 2.45) is 0 Å². The summed E-state index contributed by atoms with van der Waals surface area (Å²) in [4.78, 5) is 27.6. The van der Waals surface area contributed by atoms with Gasteiger partial charge < -0.3 is 4.90 Å². The fourth-order valence-corrected chi connectivity index (χ4v) is 4.22. The normalized spacial score (nSPS) is 14.6. The van der Waals surface area contributed by atoms with Crippen molar-refractivity contribution in [3.05, 3.63) is 111 Å². The number of nitro benzene ring substituents is 1. The molecule has 0 aliphatic carbocycles. The van der Waals surface area contributed by atoms with E-state index in [1.165, 1.54) is 23.3 Å². The molecule has 0 aromatic heterocycles. The van der Waals surface area contributed by atoms with Gasteiger partial charge in [-0.05, 0) is 23.3 Å². The van der Waals surface area contributed by atoms with Gasteiger partial charge in [0.15, 0.2) is 0 Å². The smallest absolute Gasteiger partial charge is 0.288 e. The Morgan fingerprint density at radius 2 is 1.42 bits per heavy atom. The van der Waals surface area contributed by atoms with Crippen LogP contribution in [0.25, 0.3) is 0 Å². The Bertz CT molecular complexity index is 1030. The Kier molecular flexibility index (Phi) is 6.30. The first-order valence-corrected chi connectivity index (χ1v) is 10.5. The van der Waals surface area contributed by atoms with E-state index in [4.69, 9.17) is 11.6 Å². The summed E-state index contributed by atoms with van der Waals surface area (Å²) in [6.07, 6.45) is 0. The van der Waals surface area contributed by atoms with Gasteiger partial charge in [-0.1, -0.05) is 72.3 Å². The largest absolute Gasteiger partial charge is 0.336 e. The molecule has 0 saturated carbocycles. The van der Waals surface area contributed by atoms with Crippen molar-refractivity contribution in [3.8, 4) is 0 Å². The van der Waals surface area contributed by atoms with E-state index in [1.807, 2.05) is 36.4 Å². The molecular formula is C24H22ClN3O3. The lowest BCUT2D eigenvalue weighted by Crippen LogP contribution is -2.49. The number of benzene rings is 3. The first-order chi connectivity index (χ1) is 15.0. The molecule has 1 heterocycles. The lowest BCUT2D eigenvalue weighted by molar-refractivity contribution is -0.384. The second-order valence-corrected chi connectivity index (χ2v) is 7.88. The fourth-order valence-electron chi connectivity index (χ4n) is 4.04. The van der Waals surface area contributed by atoms with Crippen LogP contribution in [0.15, 0.2) is 78.9 Å². The van der Waals surface area contributed by atoms with E-state index in [2.05, 4.69) is 29.2 Å². The van der Waals surface area contributed by atoms with Gasteiger partial charge in [0, 0.05) is 37.8 Å². The molecule has 0 N–H and O–H groups in total. The predicted octanol–water partition coefficient (Wildman–Crippen LogP) is 4.80. The highest BCUT2D eigenvalue weighted by atomic mass is 35.5. The summed E-state index contributed by atoms with van der Waals surface area (Å²) < 4.78 is 0. The number of rotatable bonds is 5. The SMILES string of the molecule is O=C(c1ccc(Cl)c([N+](=O)[O-])c1)N1CCN(C(c2ccccc2)c2ccccc2)CC1. The highest BCUT2D eigenvalue weighted by Gasteiger charge is 2.29. The van der Waals surface area contributed by atoms with Crippen molar-refractivity contribution < 1.29 is 9.72 Å². The maximum Gasteiger partial charge on any atom is 0.288 e. The maximum atomic E-state index is 12.9. The molecule has 0 atom stereocenters. The molecule has 0 unspecified atom stereocenters. The zero-order valence-corrected chi connectivity index (χ0v) is 17.6. The number of piperazine rings is 1. The van der Waals surface area contributed by atoms with E-state index in [0.29, 0.717) is 26.2 Å². The molecule has 0 radical (unpaired) electrons. The number of nitrogens with zero attached hydrogens (tertiary/aromatic N) is 3. The van der Waals surface area contributed by atoms with Crippen LogP contribution in [0.5, 0.6) is 0 Å². The lowest BCUT2D eigenvalue weighted by atomic mass is 9.96. The second-order valence-electron chi connectivity index (χ2n) is 7.48. The van der Waals surface area contributed by atoms with Gasteiger partial charge in [0.25, 0.3) is 11.6 Å². The van der Waals surface area contributed by atoms with Crippen LogP contribution in [0.2, 0.25) is 5.02 Å². The van der Waals surface area contributed by atoms with Crippen LogP contribution < -0.4 is 0 Å².